The lowest BCUT2D eigenvalue weighted by Crippen LogP contribution is -1.98. The highest BCUT2D eigenvalue weighted by Gasteiger charge is 2.09. The molecule has 0 heterocycles. The summed E-state index contributed by atoms with van der Waals surface area (Å²) in [7, 11) is 0. The van der Waals surface area contributed by atoms with Gasteiger partial charge in [0.1, 0.15) is 0 Å². The SMILES string of the molecule is Clc1cc[c]c(Cc2ccccc2)c1Cc1ccccc1. The van der Waals surface area contributed by atoms with E-state index in [2.05, 4.69) is 54.6 Å². The molecule has 0 atom stereocenters. The lowest BCUT2D eigenvalue weighted by molar-refractivity contribution is 1.09. The first-order valence-electron chi connectivity index (χ1n) is 7.09. The Morgan fingerprint density at radius 2 is 1.29 bits per heavy atom. The second kappa shape index (κ2) is 6.60. The Hall–Kier alpha value is -2.05. The van der Waals surface area contributed by atoms with Crippen molar-refractivity contribution in [1.82, 2.24) is 0 Å². The standard InChI is InChI=1S/C20H16Cl/c21-20-13-7-12-18(14-16-8-3-1-4-9-16)19(20)15-17-10-5-2-6-11-17/h1-11,13H,14-15H2. The summed E-state index contributed by atoms with van der Waals surface area (Å²) in [6, 6.07) is 28.1. The first-order chi connectivity index (χ1) is 10.3. The van der Waals surface area contributed by atoms with Gasteiger partial charge in [0.05, 0.1) is 0 Å². The van der Waals surface area contributed by atoms with E-state index in [4.69, 9.17) is 11.6 Å². The molecule has 3 rings (SSSR count). The maximum absolute atomic E-state index is 6.43. The molecule has 0 saturated heterocycles. The molecule has 0 N–H and O–H groups in total. The summed E-state index contributed by atoms with van der Waals surface area (Å²) in [6.07, 6.45) is 1.71. The maximum atomic E-state index is 6.43. The van der Waals surface area contributed by atoms with Gasteiger partial charge in [-0.1, -0.05) is 78.3 Å². The van der Waals surface area contributed by atoms with Gasteiger partial charge in [0.15, 0.2) is 0 Å². The zero-order valence-electron chi connectivity index (χ0n) is 11.7. The predicted molar refractivity (Wildman–Crippen MR) is 88.8 cm³/mol. The number of halogens is 1. The molecule has 0 aromatic heterocycles. The fourth-order valence-corrected chi connectivity index (χ4v) is 2.74. The van der Waals surface area contributed by atoms with Gasteiger partial charge < -0.3 is 0 Å². The van der Waals surface area contributed by atoms with Gasteiger partial charge >= 0.3 is 0 Å². The molecule has 0 aliphatic carbocycles. The topological polar surface area (TPSA) is 0 Å². The average molecular weight is 292 g/mol. The predicted octanol–water partition coefficient (Wildman–Crippen LogP) is 5.32. The molecule has 0 spiro atoms. The summed E-state index contributed by atoms with van der Waals surface area (Å²) in [6.45, 7) is 0. The smallest absolute Gasteiger partial charge is 0.0444 e. The Balaban J connectivity index is 1.92. The Kier molecular flexibility index (Phi) is 4.37. The fourth-order valence-electron chi connectivity index (χ4n) is 2.50. The Bertz CT molecular complexity index is 702. The molecule has 103 valence electrons. The van der Waals surface area contributed by atoms with Crippen molar-refractivity contribution in [3.63, 3.8) is 0 Å². The van der Waals surface area contributed by atoms with Crippen molar-refractivity contribution in [3.8, 4) is 0 Å². The Morgan fingerprint density at radius 3 is 1.90 bits per heavy atom. The molecule has 21 heavy (non-hydrogen) atoms. The lowest BCUT2D eigenvalue weighted by Gasteiger charge is -2.11. The number of rotatable bonds is 4. The normalized spacial score (nSPS) is 10.5. The molecular weight excluding hydrogens is 276 g/mol. The molecule has 0 amide bonds. The van der Waals surface area contributed by atoms with E-state index < -0.39 is 0 Å². The minimum absolute atomic E-state index is 0.823. The minimum Gasteiger partial charge on any atom is -0.0840 e. The summed E-state index contributed by atoms with van der Waals surface area (Å²) >= 11 is 6.43. The number of hydrogen-bond acceptors (Lipinski definition) is 0. The molecular formula is C20H16Cl. The van der Waals surface area contributed by atoms with Crippen molar-refractivity contribution in [2.75, 3.05) is 0 Å². The van der Waals surface area contributed by atoms with Crippen LogP contribution >= 0.6 is 11.6 Å². The van der Waals surface area contributed by atoms with Crippen molar-refractivity contribution >= 4 is 11.6 Å². The van der Waals surface area contributed by atoms with Gasteiger partial charge in [-0.2, -0.15) is 0 Å². The van der Waals surface area contributed by atoms with Crippen LogP contribution in [0, 0.1) is 6.07 Å². The lowest BCUT2D eigenvalue weighted by atomic mass is 9.95. The zero-order valence-corrected chi connectivity index (χ0v) is 12.5. The molecule has 1 heteroatoms. The van der Waals surface area contributed by atoms with Gasteiger partial charge in [0, 0.05) is 5.02 Å². The third-order valence-electron chi connectivity index (χ3n) is 3.59. The molecule has 0 fully saturated rings. The highest BCUT2D eigenvalue weighted by atomic mass is 35.5. The van der Waals surface area contributed by atoms with Crippen molar-refractivity contribution in [2.45, 2.75) is 12.8 Å². The summed E-state index contributed by atoms with van der Waals surface area (Å²) in [4.78, 5) is 0. The Labute approximate surface area is 131 Å². The first-order valence-corrected chi connectivity index (χ1v) is 7.46. The van der Waals surface area contributed by atoms with Crippen LogP contribution < -0.4 is 0 Å². The van der Waals surface area contributed by atoms with E-state index in [9.17, 15) is 0 Å². The molecule has 3 aromatic carbocycles. The second-order valence-corrected chi connectivity index (χ2v) is 5.51. The van der Waals surface area contributed by atoms with Crippen LogP contribution in [0.2, 0.25) is 5.02 Å². The summed E-state index contributed by atoms with van der Waals surface area (Å²) < 4.78 is 0. The van der Waals surface area contributed by atoms with Crippen LogP contribution in [0.25, 0.3) is 0 Å². The van der Waals surface area contributed by atoms with E-state index in [0.29, 0.717) is 0 Å². The highest BCUT2D eigenvalue weighted by Crippen LogP contribution is 2.25. The maximum Gasteiger partial charge on any atom is 0.0444 e. The van der Waals surface area contributed by atoms with Gasteiger partial charge in [0.2, 0.25) is 0 Å². The molecule has 0 nitrogen and oxygen atoms in total. The van der Waals surface area contributed by atoms with Gasteiger partial charge in [-0.3, -0.25) is 0 Å². The first kappa shape index (κ1) is 13.9. The van der Waals surface area contributed by atoms with Crippen molar-refractivity contribution in [1.29, 1.82) is 0 Å². The molecule has 0 unspecified atom stereocenters. The summed E-state index contributed by atoms with van der Waals surface area (Å²) in [5.74, 6) is 0. The third-order valence-corrected chi connectivity index (χ3v) is 3.94. The zero-order chi connectivity index (χ0) is 14.5. The second-order valence-electron chi connectivity index (χ2n) is 5.11. The summed E-state index contributed by atoms with van der Waals surface area (Å²) in [5.41, 5.74) is 4.91. The molecule has 3 aromatic rings. The van der Waals surface area contributed by atoms with Gasteiger partial charge in [0.25, 0.3) is 0 Å². The van der Waals surface area contributed by atoms with Crippen LogP contribution in [0.3, 0.4) is 0 Å². The molecule has 0 saturated carbocycles. The van der Waals surface area contributed by atoms with Crippen LogP contribution in [-0.4, -0.2) is 0 Å². The highest BCUT2D eigenvalue weighted by molar-refractivity contribution is 6.31. The van der Waals surface area contributed by atoms with Crippen LogP contribution in [0.4, 0.5) is 0 Å². The average Bonchev–Trinajstić information content (AvgIpc) is 2.53. The minimum atomic E-state index is 0.823. The number of hydrogen-bond donors (Lipinski definition) is 0. The van der Waals surface area contributed by atoms with Gasteiger partial charge in [-0.25, -0.2) is 0 Å². The van der Waals surface area contributed by atoms with Crippen LogP contribution in [0.5, 0.6) is 0 Å². The monoisotopic (exact) mass is 291 g/mol. The van der Waals surface area contributed by atoms with Crippen LogP contribution in [0.1, 0.15) is 22.3 Å². The molecule has 0 aliphatic rings. The van der Waals surface area contributed by atoms with Crippen molar-refractivity contribution in [2.24, 2.45) is 0 Å². The van der Waals surface area contributed by atoms with E-state index in [1.807, 2.05) is 24.3 Å². The van der Waals surface area contributed by atoms with E-state index in [0.717, 1.165) is 17.9 Å². The third kappa shape index (κ3) is 3.53. The van der Waals surface area contributed by atoms with Gasteiger partial charge in [-0.05, 0) is 47.2 Å². The van der Waals surface area contributed by atoms with Crippen molar-refractivity contribution in [3.05, 3.63) is 106 Å². The summed E-state index contributed by atoms with van der Waals surface area (Å²) in [5, 5.41) is 0.823. The fraction of sp³-hybridized carbons (Fsp3) is 0.100. The van der Waals surface area contributed by atoms with Crippen LogP contribution in [0.15, 0.2) is 72.8 Å². The van der Waals surface area contributed by atoms with E-state index in [-0.39, 0.29) is 0 Å². The Morgan fingerprint density at radius 1 is 0.714 bits per heavy atom. The molecule has 0 aliphatic heterocycles. The van der Waals surface area contributed by atoms with Gasteiger partial charge in [-0.15, -0.1) is 0 Å². The van der Waals surface area contributed by atoms with Crippen LogP contribution in [-0.2, 0) is 12.8 Å². The van der Waals surface area contributed by atoms with E-state index in [1.54, 1.807) is 0 Å². The quantitative estimate of drug-likeness (QED) is 0.610. The molecule has 0 bridgehead atoms. The van der Waals surface area contributed by atoms with E-state index in [1.165, 1.54) is 22.3 Å². The number of benzene rings is 3. The van der Waals surface area contributed by atoms with E-state index >= 15 is 0 Å². The largest absolute Gasteiger partial charge is 0.0840 e. The van der Waals surface area contributed by atoms with Crippen molar-refractivity contribution < 1.29 is 0 Å². The molecule has 1 radical (unpaired) electrons.